The van der Waals surface area contributed by atoms with Gasteiger partial charge in [-0.1, -0.05) is 24.0 Å². The number of nitrogens with one attached hydrogen (secondary N) is 1. The van der Waals surface area contributed by atoms with E-state index in [4.69, 9.17) is 22.2 Å². The number of aromatic nitrogens is 4. The molecule has 29 heavy (non-hydrogen) atoms. The highest BCUT2D eigenvalue weighted by atomic mass is 32.2. The zero-order valence-corrected chi connectivity index (χ0v) is 18.1. The molecule has 1 aromatic rings. The molecule has 14 heteroatoms. The number of nitriles is 1. The van der Waals surface area contributed by atoms with Crippen LogP contribution in [0.3, 0.4) is 0 Å². The molecule has 0 aliphatic carbocycles. The number of hydrogen-bond acceptors (Lipinski definition) is 10. The zero-order chi connectivity index (χ0) is 21.3. The summed E-state index contributed by atoms with van der Waals surface area (Å²) in [5.41, 5.74) is -0.993. The van der Waals surface area contributed by atoms with Crippen molar-refractivity contribution in [1.29, 1.82) is 5.26 Å². The molecule has 1 fully saturated rings. The van der Waals surface area contributed by atoms with Crippen LogP contribution in [0, 0.1) is 17.2 Å². The van der Waals surface area contributed by atoms with Gasteiger partial charge in [-0.25, -0.2) is 9.48 Å². The van der Waals surface area contributed by atoms with Crippen molar-refractivity contribution in [2.75, 3.05) is 18.6 Å². The number of hydrogen-bond donors (Lipinski definition) is 2. The molecule has 0 radical (unpaired) electrons. The highest BCUT2D eigenvalue weighted by Crippen LogP contribution is 2.47. The second-order valence-electron chi connectivity index (χ2n) is 6.25. The number of amides is 1. The quantitative estimate of drug-likeness (QED) is 0.246. The molecule has 2 aliphatic rings. The van der Waals surface area contributed by atoms with Crippen molar-refractivity contribution in [3.63, 3.8) is 0 Å². The molecule has 2 aliphatic heterocycles. The van der Waals surface area contributed by atoms with E-state index in [1.165, 1.54) is 40.2 Å². The van der Waals surface area contributed by atoms with Crippen molar-refractivity contribution in [2.45, 2.75) is 23.2 Å². The molecule has 1 saturated heterocycles. The number of tetrazole rings is 1. The predicted molar refractivity (Wildman–Crippen MR) is 108 cm³/mol. The van der Waals surface area contributed by atoms with Crippen molar-refractivity contribution in [3.8, 4) is 6.07 Å². The standard InChI is InChI=1S/C15H17N7O4S3/c1-7(4-16)10(27)17-15(26-3)12(25)22-9(11(23)24)8(5-28-13(15)22)6-29-14-18-19-20-21(14)2/h7,13H,5-6H2,1-3H3,(H,17,27)(H,23,24)/t7?,13-,15-/m0/s1. The van der Waals surface area contributed by atoms with Gasteiger partial charge in [0.15, 0.2) is 0 Å². The summed E-state index contributed by atoms with van der Waals surface area (Å²) in [5, 5.41) is 32.7. The van der Waals surface area contributed by atoms with E-state index < -0.39 is 28.9 Å². The average molecular weight is 456 g/mol. The number of fused-ring (bicyclic) bond motifs is 1. The minimum atomic E-state index is -1.50. The van der Waals surface area contributed by atoms with Crippen LogP contribution in [-0.2, 0) is 21.4 Å². The van der Waals surface area contributed by atoms with E-state index in [0.29, 0.717) is 22.2 Å². The maximum atomic E-state index is 13.0. The number of carboxylic acid groups (broad SMARTS) is 1. The molecule has 3 heterocycles. The summed E-state index contributed by atoms with van der Waals surface area (Å²) in [6, 6.07) is 2.00. The number of nitrogens with zero attached hydrogens (tertiary/aromatic N) is 6. The van der Waals surface area contributed by atoms with Gasteiger partial charge in [-0.3, -0.25) is 9.69 Å². The summed E-state index contributed by atoms with van der Waals surface area (Å²) < 4.78 is 6.93. The van der Waals surface area contributed by atoms with Gasteiger partial charge in [-0.05, 0) is 22.9 Å². The van der Waals surface area contributed by atoms with Gasteiger partial charge >= 0.3 is 5.97 Å². The summed E-state index contributed by atoms with van der Waals surface area (Å²) >= 11 is 7.84. The molecule has 1 aromatic heterocycles. The third-order valence-electron chi connectivity index (χ3n) is 4.49. The molecule has 3 rings (SSSR count). The van der Waals surface area contributed by atoms with Gasteiger partial charge in [0.1, 0.15) is 11.1 Å². The third kappa shape index (κ3) is 3.59. The molecule has 1 amide bonds. The number of thioether (sulfide) groups is 2. The first kappa shape index (κ1) is 21.5. The first-order chi connectivity index (χ1) is 13.8. The third-order valence-corrected chi connectivity index (χ3v) is 7.41. The molecule has 0 bridgehead atoms. The van der Waals surface area contributed by atoms with E-state index in [1.54, 1.807) is 14.0 Å². The van der Waals surface area contributed by atoms with Gasteiger partial charge < -0.3 is 15.2 Å². The van der Waals surface area contributed by atoms with Crippen molar-refractivity contribution < 1.29 is 19.4 Å². The lowest BCUT2D eigenvalue weighted by Gasteiger charge is -2.56. The smallest absolute Gasteiger partial charge is 0.352 e. The normalized spacial score (nSPS) is 24.4. The van der Waals surface area contributed by atoms with Crippen LogP contribution in [0.15, 0.2) is 16.4 Å². The maximum absolute atomic E-state index is 13.0. The van der Waals surface area contributed by atoms with E-state index in [0.717, 1.165) is 0 Å². The van der Waals surface area contributed by atoms with Crippen LogP contribution < -0.4 is 5.32 Å². The number of methoxy groups -OCH3 is 1. The summed E-state index contributed by atoms with van der Waals surface area (Å²) in [7, 11) is 3.03. The average Bonchev–Trinajstić information content (AvgIpc) is 3.12. The molecule has 1 unspecified atom stereocenters. The Morgan fingerprint density at radius 2 is 2.38 bits per heavy atom. The first-order valence-corrected chi connectivity index (χ1v) is 10.7. The number of rotatable bonds is 7. The molecule has 0 saturated carbocycles. The van der Waals surface area contributed by atoms with Crippen molar-refractivity contribution >= 4 is 52.6 Å². The number of ether oxygens (including phenoxy) is 1. The lowest BCUT2D eigenvalue weighted by molar-refractivity contribution is -0.187. The van der Waals surface area contributed by atoms with E-state index in [2.05, 4.69) is 20.8 Å². The Balaban J connectivity index is 1.85. The Morgan fingerprint density at radius 3 is 2.93 bits per heavy atom. The molecular formula is C15H17N7O4S3. The Labute approximate surface area is 179 Å². The van der Waals surface area contributed by atoms with Gasteiger partial charge in [-0.2, -0.15) is 5.26 Å². The van der Waals surface area contributed by atoms with Gasteiger partial charge in [0.2, 0.25) is 5.16 Å². The molecule has 0 spiro atoms. The zero-order valence-electron chi connectivity index (χ0n) is 15.6. The number of carbonyl (C=O) groups is 2. The van der Waals surface area contributed by atoms with Crippen LogP contribution in [0.25, 0.3) is 0 Å². The van der Waals surface area contributed by atoms with Crippen molar-refractivity contribution in [2.24, 2.45) is 13.0 Å². The van der Waals surface area contributed by atoms with Crippen molar-refractivity contribution in [1.82, 2.24) is 30.4 Å². The lowest BCUT2D eigenvalue weighted by Crippen LogP contribution is -2.80. The van der Waals surface area contributed by atoms with Gasteiger partial charge in [0.25, 0.3) is 11.6 Å². The van der Waals surface area contributed by atoms with Crippen LogP contribution in [0.2, 0.25) is 0 Å². The molecule has 11 nitrogen and oxygen atoms in total. The fourth-order valence-corrected chi connectivity index (χ4v) is 5.53. The largest absolute Gasteiger partial charge is 0.477 e. The predicted octanol–water partition coefficient (Wildman–Crippen LogP) is -0.0246. The number of carbonyl (C=O) groups excluding carboxylic acids is 1. The van der Waals surface area contributed by atoms with Crippen molar-refractivity contribution in [3.05, 3.63) is 11.3 Å². The summed E-state index contributed by atoms with van der Waals surface area (Å²) in [4.78, 5) is 26.3. The Hall–Kier alpha value is -2.21. The van der Waals surface area contributed by atoms with Gasteiger partial charge in [0.05, 0.1) is 17.0 Å². The summed E-state index contributed by atoms with van der Waals surface area (Å²) in [6.07, 6.45) is 0. The highest BCUT2D eigenvalue weighted by molar-refractivity contribution is 8.01. The number of aryl methyl sites for hydroxylation is 1. The number of thiocarbonyl (C=S) groups is 1. The van der Waals surface area contributed by atoms with E-state index in [1.807, 2.05) is 6.07 Å². The van der Waals surface area contributed by atoms with Crippen LogP contribution >= 0.6 is 35.7 Å². The summed E-state index contributed by atoms with van der Waals surface area (Å²) in [6.45, 7) is 1.60. The van der Waals surface area contributed by atoms with Crippen LogP contribution in [0.4, 0.5) is 0 Å². The topological polar surface area (TPSA) is 146 Å². The fraction of sp³-hybridized carbons (Fsp3) is 0.533. The number of carboxylic acids is 1. The van der Waals surface area contributed by atoms with E-state index in [-0.39, 0.29) is 10.7 Å². The van der Waals surface area contributed by atoms with Gasteiger partial charge in [-0.15, -0.1) is 16.9 Å². The van der Waals surface area contributed by atoms with E-state index >= 15 is 0 Å². The molecular weight excluding hydrogens is 438 g/mol. The second-order valence-corrected chi connectivity index (χ2v) is 8.70. The summed E-state index contributed by atoms with van der Waals surface area (Å²) in [5.74, 6) is -1.69. The van der Waals surface area contributed by atoms with Crippen LogP contribution in [0.5, 0.6) is 0 Å². The molecule has 0 aromatic carbocycles. The molecule has 154 valence electrons. The Kier molecular flexibility index (Phi) is 6.13. The molecule has 2 N–H and O–H groups in total. The van der Waals surface area contributed by atoms with Gasteiger partial charge in [0, 0.05) is 25.7 Å². The van der Waals surface area contributed by atoms with E-state index in [9.17, 15) is 14.7 Å². The fourth-order valence-electron chi connectivity index (χ4n) is 2.90. The molecule has 3 atom stereocenters. The number of β-lactam (4-membered cyclic amide) rings is 1. The Morgan fingerprint density at radius 1 is 1.66 bits per heavy atom. The number of aliphatic carboxylic acids is 1. The Bertz CT molecular complexity index is 943. The minimum absolute atomic E-state index is 0.0740. The highest BCUT2D eigenvalue weighted by Gasteiger charge is 2.66. The van der Waals surface area contributed by atoms with Crippen LogP contribution in [0.1, 0.15) is 6.92 Å². The second kappa shape index (κ2) is 8.27. The maximum Gasteiger partial charge on any atom is 0.352 e. The monoisotopic (exact) mass is 455 g/mol. The first-order valence-electron chi connectivity index (χ1n) is 8.29. The SMILES string of the molecule is CO[C@@]1(NC(=S)C(C)C#N)C(=O)N2C(C(=O)O)=C(CSc3nnnn3C)CS[C@H]21. The minimum Gasteiger partial charge on any atom is -0.477 e. The lowest BCUT2D eigenvalue weighted by atomic mass is 9.97. The van der Waals surface area contributed by atoms with Crippen LogP contribution in [-0.4, -0.2) is 76.8 Å².